The fourth-order valence-corrected chi connectivity index (χ4v) is 1.66. The number of aliphatic hydroxyl groups is 1. The van der Waals surface area contributed by atoms with Gasteiger partial charge in [0.25, 0.3) is 0 Å². The fourth-order valence-electron chi connectivity index (χ4n) is 1.27. The van der Waals surface area contributed by atoms with Crippen LogP contribution in [0.2, 0.25) is 0 Å². The Morgan fingerprint density at radius 2 is 2.12 bits per heavy atom. The van der Waals surface area contributed by atoms with Crippen LogP contribution in [-0.2, 0) is 6.61 Å². The zero-order valence-corrected chi connectivity index (χ0v) is 10.4. The van der Waals surface area contributed by atoms with Crippen LogP contribution in [0.5, 0.6) is 11.8 Å². The van der Waals surface area contributed by atoms with Gasteiger partial charge in [-0.1, -0.05) is 12.1 Å². The van der Waals surface area contributed by atoms with E-state index in [0.29, 0.717) is 16.2 Å². The van der Waals surface area contributed by atoms with Gasteiger partial charge in [-0.2, -0.15) is 9.97 Å². The number of rotatable bonds is 3. The summed E-state index contributed by atoms with van der Waals surface area (Å²) < 4.78 is 5.99. The van der Waals surface area contributed by atoms with Crippen LogP contribution in [0.3, 0.4) is 0 Å². The Kier molecular flexibility index (Phi) is 3.55. The van der Waals surface area contributed by atoms with E-state index in [4.69, 9.17) is 15.6 Å². The van der Waals surface area contributed by atoms with E-state index in [9.17, 15) is 0 Å². The molecule has 0 aliphatic rings. The second-order valence-corrected chi connectivity index (χ2v) is 4.12. The first kappa shape index (κ1) is 11.8. The normalized spacial score (nSPS) is 10.2. The van der Waals surface area contributed by atoms with E-state index in [-0.39, 0.29) is 12.6 Å². The Morgan fingerprint density at radius 1 is 1.29 bits per heavy atom. The molecule has 0 amide bonds. The second kappa shape index (κ2) is 5.11. The first-order chi connectivity index (χ1) is 8.17. The predicted octanol–water partition coefficient (Wildman–Crippen LogP) is 2.11. The molecule has 6 heteroatoms. The minimum absolute atomic E-state index is 0.0430. The van der Waals surface area contributed by atoms with E-state index in [1.54, 1.807) is 30.3 Å². The van der Waals surface area contributed by atoms with Gasteiger partial charge in [0.1, 0.15) is 16.2 Å². The number of hydrogen-bond donors (Lipinski definition) is 2. The Balaban J connectivity index is 2.24. The summed E-state index contributed by atoms with van der Waals surface area (Å²) in [6.07, 6.45) is 0. The minimum Gasteiger partial charge on any atom is -0.424 e. The zero-order chi connectivity index (χ0) is 12.3. The molecule has 2 rings (SSSR count). The maximum absolute atomic E-state index is 9.00. The maximum atomic E-state index is 9.00. The molecule has 2 aromatic rings. The van der Waals surface area contributed by atoms with Gasteiger partial charge in [0.2, 0.25) is 0 Å². The van der Waals surface area contributed by atoms with Gasteiger partial charge in [-0.05, 0) is 33.6 Å². The van der Waals surface area contributed by atoms with Crippen LogP contribution in [-0.4, -0.2) is 15.1 Å². The number of halogens is 1. The number of nitrogens with two attached hydrogens (primary N) is 1. The molecule has 0 atom stereocenters. The topological polar surface area (TPSA) is 81.3 Å². The lowest BCUT2D eigenvalue weighted by atomic mass is 10.2. The van der Waals surface area contributed by atoms with E-state index < -0.39 is 0 Å². The van der Waals surface area contributed by atoms with Crippen molar-refractivity contribution in [2.24, 2.45) is 0 Å². The van der Waals surface area contributed by atoms with Crippen molar-refractivity contribution in [3.8, 4) is 11.8 Å². The lowest BCUT2D eigenvalue weighted by molar-refractivity contribution is 0.281. The van der Waals surface area contributed by atoms with E-state index in [1.165, 1.54) is 0 Å². The second-order valence-electron chi connectivity index (χ2n) is 3.31. The molecule has 1 aromatic carbocycles. The third-order valence-corrected chi connectivity index (χ3v) is 2.39. The van der Waals surface area contributed by atoms with Crippen molar-refractivity contribution in [2.45, 2.75) is 6.61 Å². The van der Waals surface area contributed by atoms with Crippen LogP contribution in [0.1, 0.15) is 5.56 Å². The molecule has 0 radical (unpaired) electrons. The summed E-state index contributed by atoms with van der Waals surface area (Å²) in [6, 6.07) is 8.77. The van der Waals surface area contributed by atoms with E-state index >= 15 is 0 Å². The number of aromatic nitrogens is 2. The van der Waals surface area contributed by atoms with Gasteiger partial charge in [0.15, 0.2) is 0 Å². The zero-order valence-electron chi connectivity index (χ0n) is 8.80. The summed E-state index contributed by atoms with van der Waals surface area (Å²) in [7, 11) is 0. The van der Waals surface area contributed by atoms with Crippen molar-refractivity contribution in [3.05, 3.63) is 40.5 Å². The lowest BCUT2D eigenvalue weighted by Crippen LogP contribution is -1.97. The van der Waals surface area contributed by atoms with Crippen LogP contribution in [0.15, 0.2) is 34.9 Å². The summed E-state index contributed by atoms with van der Waals surface area (Å²) in [5.41, 5.74) is 6.32. The molecule has 1 aromatic heterocycles. The fraction of sp³-hybridized carbons (Fsp3) is 0.0909. The van der Waals surface area contributed by atoms with E-state index in [1.807, 2.05) is 0 Å². The largest absolute Gasteiger partial charge is 0.424 e. The van der Waals surface area contributed by atoms with E-state index in [0.717, 1.165) is 5.56 Å². The molecule has 0 unspecified atom stereocenters. The number of anilines is 1. The van der Waals surface area contributed by atoms with Crippen LogP contribution < -0.4 is 10.5 Å². The number of hydrogen-bond acceptors (Lipinski definition) is 5. The molecule has 17 heavy (non-hydrogen) atoms. The molecule has 0 fully saturated rings. The van der Waals surface area contributed by atoms with Gasteiger partial charge in [-0.15, -0.1) is 0 Å². The molecular weight excluding hydrogens is 286 g/mol. The van der Waals surface area contributed by atoms with Gasteiger partial charge in [0.05, 0.1) is 6.61 Å². The molecular formula is C11H10BrN3O2. The van der Waals surface area contributed by atoms with Crippen molar-refractivity contribution >= 4 is 21.7 Å². The molecule has 5 nitrogen and oxygen atoms in total. The van der Waals surface area contributed by atoms with Crippen LogP contribution in [0.4, 0.5) is 5.82 Å². The van der Waals surface area contributed by atoms with Crippen molar-refractivity contribution in [1.29, 1.82) is 0 Å². The standard InChI is InChI=1S/C11H10BrN3O2/c12-9-5-10(13)15-11(14-9)17-8-3-1-2-7(4-8)6-16/h1-5,16H,6H2,(H2,13,14,15). The first-order valence-electron chi connectivity index (χ1n) is 4.85. The minimum atomic E-state index is -0.0430. The van der Waals surface area contributed by atoms with Crippen molar-refractivity contribution in [3.63, 3.8) is 0 Å². The number of aliphatic hydroxyl groups excluding tert-OH is 1. The number of ether oxygens (including phenoxy) is 1. The molecule has 0 aliphatic heterocycles. The Morgan fingerprint density at radius 3 is 2.82 bits per heavy atom. The number of nitrogen functional groups attached to an aromatic ring is 1. The maximum Gasteiger partial charge on any atom is 0.325 e. The highest BCUT2D eigenvalue weighted by atomic mass is 79.9. The van der Waals surface area contributed by atoms with Gasteiger partial charge >= 0.3 is 6.01 Å². The van der Waals surface area contributed by atoms with Crippen molar-refractivity contribution < 1.29 is 9.84 Å². The highest BCUT2D eigenvalue weighted by molar-refractivity contribution is 9.10. The Labute approximate surface area is 106 Å². The third-order valence-electron chi connectivity index (χ3n) is 1.98. The summed E-state index contributed by atoms with van der Waals surface area (Å²) >= 11 is 3.20. The van der Waals surface area contributed by atoms with Crippen molar-refractivity contribution in [2.75, 3.05) is 5.73 Å². The average Bonchev–Trinajstić information content (AvgIpc) is 2.28. The smallest absolute Gasteiger partial charge is 0.325 e. The first-order valence-corrected chi connectivity index (χ1v) is 5.64. The molecule has 0 saturated carbocycles. The van der Waals surface area contributed by atoms with Gasteiger partial charge in [-0.3, -0.25) is 0 Å². The van der Waals surface area contributed by atoms with Crippen LogP contribution in [0.25, 0.3) is 0 Å². The van der Waals surface area contributed by atoms with Crippen LogP contribution >= 0.6 is 15.9 Å². The third kappa shape index (κ3) is 3.15. The molecule has 88 valence electrons. The summed E-state index contributed by atoms with van der Waals surface area (Å²) in [4.78, 5) is 7.96. The molecule has 0 bridgehead atoms. The number of nitrogens with zero attached hydrogens (tertiary/aromatic N) is 2. The molecule has 0 spiro atoms. The van der Waals surface area contributed by atoms with Crippen molar-refractivity contribution in [1.82, 2.24) is 9.97 Å². The highest BCUT2D eigenvalue weighted by Crippen LogP contribution is 2.21. The predicted molar refractivity (Wildman–Crippen MR) is 66.6 cm³/mol. The quantitative estimate of drug-likeness (QED) is 0.848. The molecule has 3 N–H and O–H groups in total. The summed E-state index contributed by atoms with van der Waals surface area (Å²) in [5, 5.41) is 9.00. The SMILES string of the molecule is Nc1cc(Br)nc(Oc2cccc(CO)c2)n1. The number of benzene rings is 1. The monoisotopic (exact) mass is 295 g/mol. The highest BCUT2D eigenvalue weighted by Gasteiger charge is 2.04. The average molecular weight is 296 g/mol. The lowest BCUT2D eigenvalue weighted by Gasteiger charge is -2.05. The van der Waals surface area contributed by atoms with Gasteiger partial charge in [-0.25, -0.2) is 0 Å². The molecule has 1 heterocycles. The van der Waals surface area contributed by atoms with Gasteiger partial charge < -0.3 is 15.6 Å². The van der Waals surface area contributed by atoms with E-state index in [2.05, 4.69) is 25.9 Å². The van der Waals surface area contributed by atoms with Gasteiger partial charge in [0, 0.05) is 6.07 Å². The Hall–Kier alpha value is -1.66. The summed E-state index contributed by atoms with van der Waals surface area (Å²) in [5.74, 6) is 0.870. The molecule has 0 saturated heterocycles. The summed E-state index contributed by atoms with van der Waals surface area (Å²) in [6.45, 7) is -0.0430. The van der Waals surface area contributed by atoms with Crippen LogP contribution in [0, 0.1) is 0 Å². The Bertz CT molecular complexity index is 514. The molecule has 0 aliphatic carbocycles.